The fourth-order valence-electron chi connectivity index (χ4n) is 4.26. The lowest BCUT2D eigenvalue weighted by molar-refractivity contribution is -0.135. The predicted molar refractivity (Wildman–Crippen MR) is 118 cm³/mol. The number of carbonyl (C=O) groups excluding carboxylic acids is 1. The minimum Gasteiger partial charge on any atom is -0.473 e. The SMILES string of the molecule is O=C(CO)N1CCC(c2nccnc2O[C@H]2C[C@@H](Nc3nc4ccccc4s3)C2)CC1. The zero-order chi connectivity index (χ0) is 21.2. The molecule has 2 aliphatic rings. The molecule has 0 radical (unpaired) electrons. The number of aliphatic hydroxyl groups excluding tert-OH is 1. The van der Waals surface area contributed by atoms with E-state index in [0.29, 0.717) is 25.0 Å². The molecule has 2 fully saturated rings. The number of thiazole rings is 1. The van der Waals surface area contributed by atoms with Gasteiger partial charge in [-0.15, -0.1) is 0 Å². The van der Waals surface area contributed by atoms with E-state index in [4.69, 9.17) is 9.84 Å². The molecule has 0 bridgehead atoms. The van der Waals surface area contributed by atoms with Gasteiger partial charge in [0.15, 0.2) is 5.13 Å². The van der Waals surface area contributed by atoms with Gasteiger partial charge in [-0.2, -0.15) is 0 Å². The number of nitrogens with zero attached hydrogens (tertiary/aromatic N) is 4. The Morgan fingerprint density at radius 2 is 1.97 bits per heavy atom. The van der Waals surface area contributed by atoms with Crippen LogP contribution in [0, 0.1) is 0 Å². The van der Waals surface area contributed by atoms with Crippen LogP contribution in [-0.2, 0) is 4.79 Å². The number of hydrogen-bond acceptors (Lipinski definition) is 8. The minimum absolute atomic E-state index is 0.110. The van der Waals surface area contributed by atoms with Crippen molar-refractivity contribution in [3.63, 3.8) is 0 Å². The Hall–Kier alpha value is -2.78. The molecule has 8 nitrogen and oxygen atoms in total. The molecule has 0 spiro atoms. The molecule has 1 saturated heterocycles. The third-order valence-electron chi connectivity index (χ3n) is 6.06. The van der Waals surface area contributed by atoms with E-state index >= 15 is 0 Å². The average molecular weight is 440 g/mol. The van der Waals surface area contributed by atoms with Gasteiger partial charge in [-0.05, 0) is 25.0 Å². The van der Waals surface area contributed by atoms with E-state index in [-0.39, 0.29) is 17.9 Å². The van der Waals surface area contributed by atoms with Crippen LogP contribution in [0.15, 0.2) is 36.7 Å². The normalized spacial score (nSPS) is 21.6. The van der Waals surface area contributed by atoms with Crippen molar-refractivity contribution in [3.8, 4) is 5.88 Å². The number of amides is 1. The summed E-state index contributed by atoms with van der Waals surface area (Å²) in [5.74, 6) is 0.608. The Labute approximate surface area is 184 Å². The molecule has 1 aliphatic heterocycles. The van der Waals surface area contributed by atoms with Crippen molar-refractivity contribution in [1.29, 1.82) is 0 Å². The summed E-state index contributed by atoms with van der Waals surface area (Å²) >= 11 is 1.68. The molecule has 31 heavy (non-hydrogen) atoms. The molecule has 2 N–H and O–H groups in total. The van der Waals surface area contributed by atoms with Gasteiger partial charge >= 0.3 is 0 Å². The number of ether oxygens (including phenoxy) is 1. The number of fused-ring (bicyclic) bond motifs is 1. The first-order valence-electron chi connectivity index (χ1n) is 10.7. The molecule has 5 rings (SSSR count). The Morgan fingerprint density at radius 3 is 2.74 bits per heavy atom. The van der Waals surface area contributed by atoms with Crippen LogP contribution in [0.5, 0.6) is 5.88 Å². The smallest absolute Gasteiger partial charge is 0.248 e. The van der Waals surface area contributed by atoms with Gasteiger partial charge in [0.2, 0.25) is 11.8 Å². The molecule has 1 amide bonds. The van der Waals surface area contributed by atoms with Crippen LogP contribution >= 0.6 is 11.3 Å². The van der Waals surface area contributed by atoms with Crippen LogP contribution in [-0.4, -0.2) is 62.7 Å². The molecule has 9 heteroatoms. The van der Waals surface area contributed by atoms with Gasteiger partial charge in [0.05, 0.1) is 10.2 Å². The summed E-state index contributed by atoms with van der Waals surface area (Å²) in [6.07, 6.45) is 6.87. The fraction of sp³-hybridized carbons (Fsp3) is 0.455. The third kappa shape index (κ3) is 4.33. The highest BCUT2D eigenvalue weighted by Gasteiger charge is 2.34. The summed E-state index contributed by atoms with van der Waals surface area (Å²) in [4.78, 5) is 27.0. The predicted octanol–water partition coefficient (Wildman–Crippen LogP) is 2.81. The van der Waals surface area contributed by atoms with Gasteiger partial charge in [0, 0.05) is 50.3 Å². The van der Waals surface area contributed by atoms with E-state index in [1.165, 1.54) is 4.70 Å². The van der Waals surface area contributed by atoms with E-state index in [0.717, 1.165) is 42.0 Å². The second-order valence-electron chi connectivity index (χ2n) is 8.10. The minimum atomic E-state index is -0.432. The second-order valence-corrected chi connectivity index (χ2v) is 9.13. The Balaban J connectivity index is 1.16. The topological polar surface area (TPSA) is 100 Å². The number of nitrogens with one attached hydrogen (secondary N) is 1. The van der Waals surface area contributed by atoms with Gasteiger partial charge < -0.3 is 20.1 Å². The van der Waals surface area contributed by atoms with Crippen molar-refractivity contribution in [3.05, 3.63) is 42.4 Å². The van der Waals surface area contributed by atoms with Crippen molar-refractivity contribution in [2.24, 2.45) is 0 Å². The molecule has 3 aromatic rings. The zero-order valence-electron chi connectivity index (χ0n) is 17.1. The first kappa shape index (κ1) is 20.1. The van der Waals surface area contributed by atoms with Crippen molar-refractivity contribution in [2.45, 2.75) is 43.7 Å². The number of aliphatic hydroxyl groups is 1. The molecule has 1 aromatic carbocycles. The standard InChI is InChI=1S/C22H25N5O3S/c28-13-19(29)27-9-5-14(6-10-27)20-21(24-8-7-23-20)30-16-11-15(12-16)25-22-26-17-3-1-2-4-18(17)31-22/h1-4,7-8,14-16,28H,5-6,9-13H2,(H,25,26)/t15-,16+. The van der Waals surface area contributed by atoms with Gasteiger partial charge in [0.25, 0.3) is 0 Å². The molecule has 2 aromatic heterocycles. The maximum absolute atomic E-state index is 11.7. The molecule has 162 valence electrons. The van der Waals surface area contributed by atoms with E-state index in [1.807, 2.05) is 18.2 Å². The largest absolute Gasteiger partial charge is 0.473 e. The number of anilines is 1. The first-order chi connectivity index (χ1) is 15.2. The van der Waals surface area contributed by atoms with Gasteiger partial charge in [-0.1, -0.05) is 23.5 Å². The van der Waals surface area contributed by atoms with Gasteiger partial charge in [0.1, 0.15) is 18.4 Å². The lowest BCUT2D eigenvalue weighted by atomic mass is 9.89. The lowest BCUT2D eigenvalue weighted by Crippen LogP contribution is -2.43. The molecule has 1 aliphatic carbocycles. The Kier molecular flexibility index (Phi) is 5.69. The van der Waals surface area contributed by atoms with Crippen LogP contribution in [0.1, 0.15) is 37.3 Å². The van der Waals surface area contributed by atoms with E-state index in [1.54, 1.807) is 28.6 Å². The van der Waals surface area contributed by atoms with E-state index in [2.05, 4.69) is 26.3 Å². The highest BCUT2D eigenvalue weighted by Crippen LogP contribution is 2.35. The van der Waals surface area contributed by atoms with Crippen molar-refractivity contribution >= 4 is 32.6 Å². The van der Waals surface area contributed by atoms with Crippen LogP contribution < -0.4 is 10.1 Å². The number of carbonyl (C=O) groups is 1. The lowest BCUT2D eigenvalue weighted by Gasteiger charge is -2.36. The summed E-state index contributed by atoms with van der Waals surface area (Å²) in [6.45, 7) is 0.813. The number of benzene rings is 1. The quantitative estimate of drug-likeness (QED) is 0.609. The highest BCUT2D eigenvalue weighted by molar-refractivity contribution is 7.22. The number of likely N-dealkylation sites (tertiary alicyclic amines) is 1. The van der Waals surface area contributed by atoms with Gasteiger partial charge in [-0.25, -0.2) is 9.97 Å². The van der Waals surface area contributed by atoms with E-state index in [9.17, 15) is 4.79 Å². The molecule has 3 heterocycles. The van der Waals surface area contributed by atoms with Crippen molar-refractivity contribution in [2.75, 3.05) is 25.0 Å². The maximum atomic E-state index is 11.7. The summed E-state index contributed by atoms with van der Waals surface area (Å²) in [7, 11) is 0. The number of piperidine rings is 1. The van der Waals surface area contributed by atoms with Gasteiger partial charge in [-0.3, -0.25) is 9.78 Å². The van der Waals surface area contributed by atoms with Crippen LogP contribution in [0.4, 0.5) is 5.13 Å². The molecule has 1 saturated carbocycles. The molecular weight excluding hydrogens is 414 g/mol. The monoisotopic (exact) mass is 439 g/mol. The van der Waals surface area contributed by atoms with Crippen molar-refractivity contribution < 1.29 is 14.6 Å². The van der Waals surface area contributed by atoms with E-state index < -0.39 is 6.61 Å². The maximum Gasteiger partial charge on any atom is 0.248 e. The summed E-state index contributed by atoms with van der Waals surface area (Å²) in [6, 6.07) is 8.50. The Bertz CT molecular complexity index is 1030. The van der Waals surface area contributed by atoms with Crippen LogP contribution in [0.2, 0.25) is 0 Å². The number of rotatable bonds is 6. The average Bonchev–Trinajstić information content (AvgIpc) is 3.20. The summed E-state index contributed by atoms with van der Waals surface area (Å²) < 4.78 is 7.39. The zero-order valence-corrected chi connectivity index (χ0v) is 17.9. The molecule has 0 atom stereocenters. The van der Waals surface area contributed by atoms with Crippen LogP contribution in [0.25, 0.3) is 10.2 Å². The Morgan fingerprint density at radius 1 is 1.19 bits per heavy atom. The number of para-hydroxylation sites is 1. The second kappa shape index (κ2) is 8.76. The first-order valence-corrected chi connectivity index (χ1v) is 11.5. The third-order valence-corrected chi connectivity index (χ3v) is 7.02. The highest BCUT2D eigenvalue weighted by atomic mass is 32.1. The number of hydrogen-bond donors (Lipinski definition) is 2. The molecular formula is C22H25N5O3S. The van der Waals surface area contributed by atoms with Crippen molar-refractivity contribution in [1.82, 2.24) is 19.9 Å². The van der Waals surface area contributed by atoms with Crippen LogP contribution in [0.3, 0.4) is 0 Å². The molecule has 0 unspecified atom stereocenters. The summed E-state index contributed by atoms with van der Waals surface area (Å²) in [5, 5.41) is 13.5. The number of aromatic nitrogens is 3. The fourth-order valence-corrected chi connectivity index (χ4v) is 5.20. The summed E-state index contributed by atoms with van der Waals surface area (Å²) in [5.41, 5.74) is 1.90.